The van der Waals surface area contributed by atoms with Crippen LogP contribution in [0.1, 0.15) is 24.2 Å². The van der Waals surface area contributed by atoms with Crippen molar-refractivity contribution >= 4 is 34.9 Å². The van der Waals surface area contributed by atoms with Crippen LogP contribution in [0.25, 0.3) is 0 Å². The molecular weight excluding hydrogens is 261 g/mol. The fraction of sp³-hybridized carbons (Fsp3) is 0.333. The van der Waals surface area contributed by atoms with E-state index in [2.05, 4.69) is 5.32 Å². The Morgan fingerprint density at radius 2 is 1.94 bits per heavy atom. The number of rotatable bonds is 4. The van der Waals surface area contributed by atoms with Crippen LogP contribution in [0.15, 0.2) is 18.2 Å². The molecule has 0 aliphatic rings. The van der Waals surface area contributed by atoms with Crippen molar-refractivity contribution in [3.63, 3.8) is 0 Å². The van der Waals surface area contributed by atoms with Gasteiger partial charge in [0.2, 0.25) is 0 Å². The highest BCUT2D eigenvalue weighted by Crippen LogP contribution is 2.25. The minimum Gasteiger partial charge on any atom is -0.345 e. The number of amides is 1. The second kappa shape index (κ2) is 6.03. The number of halogens is 2. The topological polar surface area (TPSA) is 46.2 Å². The number of hydrogen-bond donors (Lipinski definition) is 1. The third-order valence-electron chi connectivity index (χ3n) is 2.26. The molecule has 1 aromatic rings. The Labute approximate surface area is 110 Å². The Morgan fingerprint density at radius 1 is 1.29 bits per heavy atom. The largest absolute Gasteiger partial charge is 0.345 e. The van der Waals surface area contributed by atoms with Gasteiger partial charge in [-0.3, -0.25) is 9.59 Å². The summed E-state index contributed by atoms with van der Waals surface area (Å²) in [5, 5.41) is 3.03. The van der Waals surface area contributed by atoms with Gasteiger partial charge in [0.1, 0.15) is 0 Å². The standard InChI is InChI=1S/C12H13Cl2NO2/c1-7(2)10(16)6-15-12(17)8-4-3-5-9(13)11(8)14/h3-5,7H,6H2,1-2H3,(H,15,17). The predicted molar refractivity (Wildman–Crippen MR) is 68.6 cm³/mol. The van der Waals surface area contributed by atoms with Gasteiger partial charge in [-0.15, -0.1) is 0 Å². The van der Waals surface area contributed by atoms with E-state index < -0.39 is 5.91 Å². The maximum atomic E-state index is 11.7. The second-order valence-electron chi connectivity index (χ2n) is 3.91. The third-order valence-corrected chi connectivity index (χ3v) is 3.08. The van der Waals surface area contributed by atoms with Crippen molar-refractivity contribution in [2.24, 2.45) is 5.92 Å². The molecule has 92 valence electrons. The molecule has 0 aromatic heterocycles. The Bertz CT molecular complexity index is 444. The summed E-state index contributed by atoms with van der Waals surface area (Å²) in [5.41, 5.74) is 0.274. The van der Waals surface area contributed by atoms with Gasteiger partial charge < -0.3 is 5.32 Å². The summed E-state index contributed by atoms with van der Waals surface area (Å²) in [4.78, 5) is 23.1. The monoisotopic (exact) mass is 273 g/mol. The van der Waals surface area contributed by atoms with E-state index in [0.717, 1.165) is 0 Å². The normalized spacial score (nSPS) is 10.4. The van der Waals surface area contributed by atoms with Crippen molar-refractivity contribution < 1.29 is 9.59 Å². The number of carbonyl (C=O) groups is 2. The molecule has 1 amide bonds. The Hall–Kier alpha value is -1.06. The number of ketones is 1. The van der Waals surface area contributed by atoms with Gasteiger partial charge in [0.15, 0.2) is 5.78 Å². The van der Waals surface area contributed by atoms with E-state index in [4.69, 9.17) is 23.2 Å². The van der Waals surface area contributed by atoms with Gasteiger partial charge >= 0.3 is 0 Å². The highest BCUT2D eigenvalue weighted by atomic mass is 35.5. The molecule has 0 bridgehead atoms. The molecule has 1 N–H and O–H groups in total. The molecule has 1 rings (SSSR count). The minimum atomic E-state index is -0.397. The number of benzene rings is 1. The lowest BCUT2D eigenvalue weighted by Gasteiger charge is -2.08. The van der Waals surface area contributed by atoms with Crippen molar-refractivity contribution in [1.82, 2.24) is 5.32 Å². The van der Waals surface area contributed by atoms with Crippen LogP contribution < -0.4 is 5.32 Å². The molecule has 0 aliphatic heterocycles. The number of hydrogen-bond acceptors (Lipinski definition) is 2. The molecule has 0 spiro atoms. The first-order valence-electron chi connectivity index (χ1n) is 5.18. The zero-order chi connectivity index (χ0) is 13.0. The van der Waals surface area contributed by atoms with Crippen LogP contribution in [-0.4, -0.2) is 18.2 Å². The van der Waals surface area contributed by atoms with E-state index in [-0.39, 0.29) is 28.8 Å². The van der Waals surface area contributed by atoms with Crippen molar-refractivity contribution in [2.45, 2.75) is 13.8 Å². The molecular formula is C12H13Cl2NO2. The van der Waals surface area contributed by atoms with E-state index in [0.29, 0.717) is 5.02 Å². The van der Waals surface area contributed by atoms with Gasteiger partial charge in [-0.1, -0.05) is 43.1 Å². The molecule has 1 aromatic carbocycles. The summed E-state index contributed by atoms with van der Waals surface area (Å²) in [6, 6.07) is 4.79. The minimum absolute atomic E-state index is 0.000653. The summed E-state index contributed by atoms with van der Waals surface area (Å²) < 4.78 is 0. The first-order valence-corrected chi connectivity index (χ1v) is 5.94. The van der Waals surface area contributed by atoms with E-state index in [9.17, 15) is 9.59 Å². The second-order valence-corrected chi connectivity index (χ2v) is 4.69. The summed E-state index contributed by atoms with van der Waals surface area (Å²) in [6.07, 6.45) is 0. The van der Waals surface area contributed by atoms with Crippen molar-refractivity contribution in [2.75, 3.05) is 6.54 Å². The average molecular weight is 274 g/mol. The molecule has 5 heteroatoms. The summed E-state index contributed by atoms with van der Waals surface area (Å²) in [6.45, 7) is 3.56. The fourth-order valence-corrected chi connectivity index (χ4v) is 1.53. The summed E-state index contributed by atoms with van der Waals surface area (Å²) in [5.74, 6) is -0.534. The molecule has 0 unspecified atom stereocenters. The molecule has 0 atom stereocenters. The van der Waals surface area contributed by atoms with Gasteiger partial charge in [0.25, 0.3) is 5.91 Å². The molecule has 0 heterocycles. The third kappa shape index (κ3) is 3.72. The van der Waals surface area contributed by atoms with E-state index in [1.165, 1.54) is 0 Å². The van der Waals surface area contributed by atoms with Gasteiger partial charge in [-0.2, -0.15) is 0 Å². The molecule has 0 saturated heterocycles. The highest BCUT2D eigenvalue weighted by Gasteiger charge is 2.14. The Morgan fingerprint density at radius 3 is 2.53 bits per heavy atom. The van der Waals surface area contributed by atoms with Crippen LogP contribution in [0.5, 0.6) is 0 Å². The van der Waals surface area contributed by atoms with E-state index >= 15 is 0 Å². The predicted octanol–water partition coefficient (Wildman–Crippen LogP) is 2.95. The van der Waals surface area contributed by atoms with E-state index in [1.807, 2.05) is 0 Å². The van der Waals surface area contributed by atoms with Crippen LogP contribution in [-0.2, 0) is 4.79 Å². The molecule has 0 saturated carbocycles. The Kier molecular flexibility index (Phi) is 4.97. The zero-order valence-corrected chi connectivity index (χ0v) is 11.1. The lowest BCUT2D eigenvalue weighted by Crippen LogP contribution is -2.31. The first kappa shape index (κ1) is 14.0. The molecule has 17 heavy (non-hydrogen) atoms. The van der Waals surface area contributed by atoms with Gasteiger partial charge in [-0.25, -0.2) is 0 Å². The first-order chi connectivity index (χ1) is 7.93. The maximum absolute atomic E-state index is 11.7. The van der Waals surface area contributed by atoms with E-state index in [1.54, 1.807) is 32.0 Å². The quantitative estimate of drug-likeness (QED) is 0.917. The average Bonchev–Trinajstić information content (AvgIpc) is 2.29. The fourth-order valence-electron chi connectivity index (χ4n) is 1.15. The van der Waals surface area contributed by atoms with Crippen molar-refractivity contribution in [1.29, 1.82) is 0 Å². The SMILES string of the molecule is CC(C)C(=O)CNC(=O)c1cccc(Cl)c1Cl. The number of Topliss-reactive ketones (excluding diaryl/α,β-unsaturated/α-hetero) is 1. The zero-order valence-electron chi connectivity index (χ0n) is 9.59. The number of nitrogens with one attached hydrogen (secondary N) is 1. The van der Waals surface area contributed by atoms with Crippen LogP contribution in [0, 0.1) is 5.92 Å². The van der Waals surface area contributed by atoms with Crippen LogP contribution in [0.2, 0.25) is 10.0 Å². The lowest BCUT2D eigenvalue weighted by atomic mass is 10.1. The van der Waals surface area contributed by atoms with Crippen LogP contribution in [0.3, 0.4) is 0 Å². The Balaban J connectivity index is 2.71. The van der Waals surface area contributed by atoms with Gasteiger partial charge in [0.05, 0.1) is 22.2 Å². The van der Waals surface area contributed by atoms with Crippen molar-refractivity contribution in [3.8, 4) is 0 Å². The molecule has 3 nitrogen and oxygen atoms in total. The lowest BCUT2D eigenvalue weighted by molar-refractivity contribution is -0.120. The van der Waals surface area contributed by atoms with Crippen LogP contribution in [0.4, 0.5) is 0 Å². The highest BCUT2D eigenvalue weighted by molar-refractivity contribution is 6.43. The number of carbonyl (C=O) groups excluding carboxylic acids is 2. The summed E-state index contributed by atoms with van der Waals surface area (Å²) in [7, 11) is 0. The van der Waals surface area contributed by atoms with Crippen LogP contribution >= 0.6 is 23.2 Å². The molecule has 0 aliphatic carbocycles. The molecule has 0 fully saturated rings. The van der Waals surface area contributed by atoms with Gasteiger partial charge in [0, 0.05) is 5.92 Å². The van der Waals surface area contributed by atoms with Gasteiger partial charge in [-0.05, 0) is 12.1 Å². The summed E-state index contributed by atoms with van der Waals surface area (Å²) >= 11 is 11.7. The smallest absolute Gasteiger partial charge is 0.253 e. The van der Waals surface area contributed by atoms with Crippen molar-refractivity contribution in [3.05, 3.63) is 33.8 Å². The maximum Gasteiger partial charge on any atom is 0.253 e. The molecule has 0 radical (unpaired) electrons.